The van der Waals surface area contributed by atoms with Gasteiger partial charge < -0.3 is 10.1 Å². The van der Waals surface area contributed by atoms with E-state index >= 15 is 0 Å². The van der Waals surface area contributed by atoms with Gasteiger partial charge in [-0.05, 0) is 42.5 Å². The first-order chi connectivity index (χ1) is 10.9. The molecule has 2 aromatic rings. The fourth-order valence-corrected chi connectivity index (χ4v) is 2.16. The van der Waals surface area contributed by atoms with Gasteiger partial charge in [0.1, 0.15) is 0 Å². The molecule has 0 aliphatic rings. The molecular formula is C17H14ClNO4. The number of methoxy groups -OCH3 is 1. The predicted molar refractivity (Wildman–Crippen MR) is 87.0 cm³/mol. The Hall–Kier alpha value is -2.66. The molecule has 0 saturated heterocycles. The van der Waals surface area contributed by atoms with Crippen molar-refractivity contribution in [1.82, 2.24) is 0 Å². The molecule has 23 heavy (non-hydrogen) atoms. The second-order valence-corrected chi connectivity index (χ2v) is 5.21. The molecule has 0 spiro atoms. The molecule has 0 aliphatic heterocycles. The SMILES string of the molecule is COC(=O)c1ccc(NC(C)=O)c(C(=O)c2ccc(Cl)cc2)c1. The first-order valence-electron chi connectivity index (χ1n) is 6.72. The van der Waals surface area contributed by atoms with Crippen LogP contribution in [-0.2, 0) is 9.53 Å². The Labute approximate surface area is 138 Å². The summed E-state index contributed by atoms with van der Waals surface area (Å²) >= 11 is 5.82. The molecule has 0 atom stereocenters. The summed E-state index contributed by atoms with van der Waals surface area (Å²) in [7, 11) is 1.25. The average molecular weight is 332 g/mol. The number of ether oxygens (including phenoxy) is 1. The van der Waals surface area contributed by atoms with Crippen LogP contribution in [0.15, 0.2) is 42.5 Å². The maximum atomic E-state index is 12.7. The highest BCUT2D eigenvalue weighted by Gasteiger charge is 2.17. The van der Waals surface area contributed by atoms with Gasteiger partial charge in [-0.15, -0.1) is 0 Å². The second-order valence-electron chi connectivity index (χ2n) is 4.77. The number of esters is 1. The maximum Gasteiger partial charge on any atom is 0.337 e. The van der Waals surface area contributed by atoms with Crippen LogP contribution in [0.4, 0.5) is 5.69 Å². The number of hydrogen-bond acceptors (Lipinski definition) is 4. The van der Waals surface area contributed by atoms with E-state index in [1.165, 1.54) is 32.2 Å². The quantitative estimate of drug-likeness (QED) is 0.689. The van der Waals surface area contributed by atoms with Crippen LogP contribution in [0.1, 0.15) is 33.2 Å². The van der Waals surface area contributed by atoms with E-state index < -0.39 is 5.97 Å². The van der Waals surface area contributed by atoms with Crippen molar-refractivity contribution in [3.8, 4) is 0 Å². The number of benzene rings is 2. The maximum absolute atomic E-state index is 12.7. The lowest BCUT2D eigenvalue weighted by Crippen LogP contribution is -2.13. The molecule has 5 nitrogen and oxygen atoms in total. The van der Waals surface area contributed by atoms with Crippen LogP contribution < -0.4 is 5.32 Å². The Morgan fingerprint density at radius 3 is 2.17 bits per heavy atom. The van der Waals surface area contributed by atoms with E-state index in [1.54, 1.807) is 24.3 Å². The summed E-state index contributed by atoms with van der Waals surface area (Å²) in [6, 6.07) is 10.7. The molecule has 6 heteroatoms. The molecule has 118 valence electrons. The minimum Gasteiger partial charge on any atom is -0.465 e. The molecule has 0 aromatic heterocycles. The third-order valence-electron chi connectivity index (χ3n) is 3.10. The van der Waals surface area contributed by atoms with Gasteiger partial charge in [0.05, 0.1) is 18.4 Å². The minimum atomic E-state index is -0.565. The van der Waals surface area contributed by atoms with Crippen LogP contribution in [0, 0.1) is 0 Å². The largest absolute Gasteiger partial charge is 0.465 e. The van der Waals surface area contributed by atoms with E-state index in [2.05, 4.69) is 10.1 Å². The van der Waals surface area contributed by atoms with E-state index in [-0.39, 0.29) is 22.8 Å². The number of halogens is 1. The van der Waals surface area contributed by atoms with Gasteiger partial charge >= 0.3 is 5.97 Å². The molecule has 0 fully saturated rings. The molecule has 0 aliphatic carbocycles. The van der Waals surface area contributed by atoms with Crippen LogP contribution in [0.3, 0.4) is 0 Å². The van der Waals surface area contributed by atoms with Crippen molar-refractivity contribution < 1.29 is 19.1 Å². The standard InChI is InChI=1S/C17H14ClNO4/c1-10(20)19-15-8-5-12(17(22)23-2)9-14(15)16(21)11-3-6-13(18)7-4-11/h3-9H,1-2H3,(H,19,20). The summed E-state index contributed by atoms with van der Waals surface area (Å²) < 4.78 is 4.66. The van der Waals surface area contributed by atoms with Gasteiger partial charge in [-0.3, -0.25) is 9.59 Å². The number of rotatable bonds is 4. The molecule has 1 N–H and O–H groups in total. The molecule has 0 unspecified atom stereocenters. The van der Waals surface area contributed by atoms with Gasteiger partial charge in [-0.1, -0.05) is 11.6 Å². The van der Waals surface area contributed by atoms with E-state index in [4.69, 9.17) is 11.6 Å². The number of nitrogens with one attached hydrogen (secondary N) is 1. The summed E-state index contributed by atoms with van der Waals surface area (Å²) in [4.78, 5) is 35.7. The van der Waals surface area contributed by atoms with Crippen LogP contribution in [-0.4, -0.2) is 24.8 Å². The van der Waals surface area contributed by atoms with Gasteiger partial charge in [0.15, 0.2) is 5.78 Å². The Bertz CT molecular complexity index is 769. The van der Waals surface area contributed by atoms with Gasteiger partial charge in [0.2, 0.25) is 5.91 Å². The number of anilines is 1. The van der Waals surface area contributed by atoms with Crippen molar-refractivity contribution in [2.45, 2.75) is 6.92 Å². The lowest BCUT2D eigenvalue weighted by atomic mass is 9.99. The first-order valence-corrected chi connectivity index (χ1v) is 7.10. The van der Waals surface area contributed by atoms with Gasteiger partial charge in [0, 0.05) is 23.1 Å². The summed E-state index contributed by atoms with van der Waals surface area (Å²) in [5.41, 5.74) is 1.14. The average Bonchev–Trinajstić information content (AvgIpc) is 2.54. The number of carbonyl (C=O) groups is 3. The Morgan fingerprint density at radius 1 is 1.00 bits per heavy atom. The lowest BCUT2D eigenvalue weighted by Gasteiger charge is -2.11. The van der Waals surface area contributed by atoms with Gasteiger partial charge in [0.25, 0.3) is 0 Å². The summed E-state index contributed by atoms with van der Waals surface area (Å²) in [6.07, 6.45) is 0. The number of hydrogen-bond donors (Lipinski definition) is 1. The topological polar surface area (TPSA) is 72.5 Å². The highest BCUT2D eigenvalue weighted by molar-refractivity contribution is 6.30. The van der Waals surface area contributed by atoms with E-state index in [9.17, 15) is 14.4 Å². The smallest absolute Gasteiger partial charge is 0.337 e. The Balaban J connectivity index is 2.51. The predicted octanol–water partition coefficient (Wildman–Crippen LogP) is 3.32. The summed E-state index contributed by atoms with van der Waals surface area (Å²) in [6.45, 7) is 1.34. The molecule has 0 heterocycles. The van der Waals surface area contributed by atoms with Crippen LogP contribution in [0.5, 0.6) is 0 Å². The van der Waals surface area contributed by atoms with Gasteiger partial charge in [-0.25, -0.2) is 4.79 Å². The zero-order chi connectivity index (χ0) is 17.0. The first kappa shape index (κ1) is 16.7. The molecule has 1 amide bonds. The fourth-order valence-electron chi connectivity index (χ4n) is 2.03. The minimum absolute atomic E-state index is 0.199. The van der Waals surface area contributed by atoms with Gasteiger partial charge in [-0.2, -0.15) is 0 Å². The van der Waals surface area contributed by atoms with E-state index in [0.717, 1.165) is 0 Å². The number of amides is 1. The number of ketones is 1. The molecule has 0 saturated carbocycles. The molecule has 2 rings (SSSR count). The Kier molecular flexibility index (Phi) is 5.13. The normalized spacial score (nSPS) is 10.0. The van der Waals surface area contributed by atoms with Crippen LogP contribution in [0.2, 0.25) is 5.02 Å². The lowest BCUT2D eigenvalue weighted by molar-refractivity contribution is -0.114. The monoisotopic (exact) mass is 331 g/mol. The Morgan fingerprint density at radius 2 is 1.61 bits per heavy atom. The molecule has 0 bridgehead atoms. The fraction of sp³-hybridized carbons (Fsp3) is 0.118. The molecule has 0 radical (unpaired) electrons. The van der Waals surface area contributed by atoms with Crippen molar-refractivity contribution in [3.63, 3.8) is 0 Å². The van der Waals surface area contributed by atoms with Crippen molar-refractivity contribution in [3.05, 3.63) is 64.2 Å². The summed E-state index contributed by atoms with van der Waals surface area (Å²) in [5, 5.41) is 3.09. The highest BCUT2D eigenvalue weighted by Crippen LogP contribution is 2.23. The zero-order valence-electron chi connectivity index (χ0n) is 12.6. The summed E-state index contributed by atoms with van der Waals surface area (Å²) in [5.74, 6) is -1.22. The third-order valence-corrected chi connectivity index (χ3v) is 3.35. The number of carbonyl (C=O) groups excluding carboxylic acids is 3. The van der Waals surface area contributed by atoms with Crippen molar-refractivity contribution >= 4 is 34.9 Å². The highest BCUT2D eigenvalue weighted by atomic mass is 35.5. The second kappa shape index (κ2) is 7.07. The zero-order valence-corrected chi connectivity index (χ0v) is 13.3. The van der Waals surface area contributed by atoms with E-state index in [0.29, 0.717) is 16.3 Å². The van der Waals surface area contributed by atoms with Crippen LogP contribution >= 0.6 is 11.6 Å². The van der Waals surface area contributed by atoms with E-state index in [1.807, 2.05) is 0 Å². The van der Waals surface area contributed by atoms with Crippen LogP contribution in [0.25, 0.3) is 0 Å². The van der Waals surface area contributed by atoms with Crippen molar-refractivity contribution in [1.29, 1.82) is 0 Å². The molecule has 2 aromatic carbocycles. The van der Waals surface area contributed by atoms with Crippen molar-refractivity contribution in [2.75, 3.05) is 12.4 Å². The molecular weight excluding hydrogens is 318 g/mol. The third kappa shape index (κ3) is 3.96. The van der Waals surface area contributed by atoms with Crippen molar-refractivity contribution in [2.24, 2.45) is 0 Å².